The van der Waals surface area contributed by atoms with Gasteiger partial charge in [0.2, 0.25) is 0 Å². The zero-order chi connectivity index (χ0) is 15.7. The van der Waals surface area contributed by atoms with E-state index in [1.165, 1.54) is 6.07 Å². The molecule has 22 heavy (non-hydrogen) atoms. The Morgan fingerprint density at radius 2 is 1.91 bits per heavy atom. The van der Waals surface area contributed by atoms with Gasteiger partial charge in [-0.3, -0.25) is 10.1 Å². The van der Waals surface area contributed by atoms with E-state index in [4.69, 9.17) is 19.4 Å². The summed E-state index contributed by atoms with van der Waals surface area (Å²) in [6, 6.07) is 11.9. The number of aromatic nitrogens is 2. The molecule has 5 nitrogen and oxygen atoms in total. The van der Waals surface area contributed by atoms with Crippen LogP contribution in [0.3, 0.4) is 0 Å². The van der Waals surface area contributed by atoms with Crippen LogP contribution in [-0.2, 0) is 6.32 Å². The molecule has 1 aromatic heterocycles. The van der Waals surface area contributed by atoms with Gasteiger partial charge in [-0.05, 0) is 18.5 Å². The monoisotopic (exact) mass is 309 g/mol. The number of para-hydroxylation sites is 1. The highest BCUT2D eigenvalue weighted by atomic mass is 35.5. The molecular formula is C15H9BClN3O2. The van der Waals surface area contributed by atoms with Gasteiger partial charge < -0.3 is 0 Å². The topological polar surface area (TPSA) is 68.9 Å². The Balaban J connectivity index is 2.33. The van der Waals surface area contributed by atoms with E-state index in [0.29, 0.717) is 27.5 Å². The Labute approximate surface area is 132 Å². The van der Waals surface area contributed by atoms with Crippen molar-refractivity contribution in [3.63, 3.8) is 0 Å². The second-order valence-corrected chi connectivity index (χ2v) is 5.01. The lowest BCUT2D eigenvalue weighted by Gasteiger charge is -2.10. The normalized spacial score (nSPS) is 10.8. The third-order valence-electron chi connectivity index (χ3n) is 3.26. The number of nitro groups is 1. The van der Waals surface area contributed by atoms with Crippen LogP contribution in [0.5, 0.6) is 0 Å². The fourth-order valence-corrected chi connectivity index (χ4v) is 2.48. The Morgan fingerprint density at radius 1 is 1.14 bits per heavy atom. The molecule has 2 radical (unpaired) electrons. The van der Waals surface area contributed by atoms with Gasteiger partial charge in [-0.15, -0.1) is 0 Å². The Bertz CT molecular complexity index is 886. The van der Waals surface area contributed by atoms with Gasteiger partial charge in [0.05, 0.1) is 34.7 Å². The maximum Gasteiger partial charge on any atom is 0.297 e. The minimum Gasteiger partial charge on any atom is -0.258 e. The molecule has 0 aliphatic carbocycles. The van der Waals surface area contributed by atoms with E-state index in [-0.39, 0.29) is 17.5 Å². The summed E-state index contributed by atoms with van der Waals surface area (Å²) in [6.07, 6.45) is 0.107. The van der Waals surface area contributed by atoms with E-state index in [0.717, 1.165) is 0 Å². The van der Waals surface area contributed by atoms with E-state index in [1.807, 2.05) is 18.2 Å². The third-order valence-corrected chi connectivity index (χ3v) is 3.59. The van der Waals surface area contributed by atoms with Crippen molar-refractivity contribution in [2.24, 2.45) is 0 Å². The molecule has 0 fully saturated rings. The standard InChI is InChI=1S/C15H9BClN3O2/c16-8-12-14(9-4-1-2-5-10(9)17)18-11-6-3-7-13(20(21)22)15(11)19-12/h1-7H,8H2. The summed E-state index contributed by atoms with van der Waals surface area (Å²) in [5.41, 5.74) is 2.28. The van der Waals surface area contributed by atoms with Gasteiger partial charge in [-0.1, -0.05) is 35.9 Å². The summed E-state index contributed by atoms with van der Waals surface area (Å²) in [7, 11) is 5.74. The van der Waals surface area contributed by atoms with Crippen molar-refractivity contribution in [2.75, 3.05) is 0 Å². The van der Waals surface area contributed by atoms with E-state index in [1.54, 1.807) is 18.2 Å². The quantitative estimate of drug-likeness (QED) is 0.421. The smallest absolute Gasteiger partial charge is 0.258 e. The van der Waals surface area contributed by atoms with Crippen molar-refractivity contribution >= 4 is 36.2 Å². The molecule has 0 saturated heterocycles. The number of rotatable bonds is 3. The fraction of sp³-hybridized carbons (Fsp3) is 0.0667. The minimum absolute atomic E-state index is 0.0922. The average molecular weight is 310 g/mol. The van der Waals surface area contributed by atoms with Crippen molar-refractivity contribution < 1.29 is 4.92 Å². The van der Waals surface area contributed by atoms with Crippen LogP contribution >= 0.6 is 11.6 Å². The second kappa shape index (κ2) is 5.73. The summed E-state index contributed by atoms with van der Waals surface area (Å²) >= 11 is 6.20. The SMILES string of the molecule is [B]Cc1nc2c([N+](=O)[O-])cccc2nc1-c1ccccc1Cl. The van der Waals surface area contributed by atoms with Crippen LogP contribution in [0.15, 0.2) is 42.5 Å². The summed E-state index contributed by atoms with van der Waals surface area (Å²) in [5.74, 6) is 0. The lowest BCUT2D eigenvalue weighted by Crippen LogP contribution is -2.01. The number of halogens is 1. The Hall–Kier alpha value is -2.47. The largest absolute Gasteiger partial charge is 0.297 e. The van der Waals surface area contributed by atoms with Crippen molar-refractivity contribution in [2.45, 2.75) is 6.32 Å². The zero-order valence-electron chi connectivity index (χ0n) is 11.4. The van der Waals surface area contributed by atoms with Crippen LogP contribution in [0.1, 0.15) is 5.69 Å². The minimum atomic E-state index is -0.480. The highest BCUT2D eigenvalue weighted by molar-refractivity contribution is 6.33. The average Bonchev–Trinajstić information content (AvgIpc) is 2.53. The molecule has 0 spiro atoms. The molecule has 0 unspecified atom stereocenters. The number of benzene rings is 2. The number of non-ortho nitro benzene ring substituents is 1. The molecule has 1 heterocycles. The summed E-state index contributed by atoms with van der Waals surface area (Å²) in [6.45, 7) is 0. The molecule has 0 saturated carbocycles. The van der Waals surface area contributed by atoms with Gasteiger partial charge >= 0.3 is 0 Å². The Kier molecular flexibility index (Phi) is 3.77. The molecule has 7 heteroatoms. The Morgan fingerprint density at radius 3 is 2.59 bits per heavy atom. The van der Waals surface area contributed by atoms with Gasteiger partial charge in [0, 0.05) is 11.6 Å². The van der Waals surface area contributed by atoms with E-state index in [9.17, 15) is 10.1 Å². The van der Waals surface area contributed by atoms with Crippen LogP contribution in [-0.4, -0.2) is 22.7 Å². The number of hydrogen-bond donors (Lipinski definition) is 0. The lowest BCUT2D eigenvalue weighted by atomic mass is 9.97. The molecule has 3 rings (SSSR count). The number of fused-ring (bicyclic) bond motifs is 1. The predicted molar refractivity (Wildman–Crippen MR) is 86.1 cm³/mol. The fourth-order valence-electron chi connectivity index (χ4n) is 2.26. The van der Waals surface area contributed by atoms with Crippen LogP contribution in [0.25, 0.3) is 22.3 Å². The van der Waals surface area contributed by atoms with E-state index < -0.39 is 4.92 Å². The van der Waals surface area contributed by atoms with Crippen LogP contribution in [0.4, 0.5) is 5.69 Å². The zero-order valence-corrected chi connectivity index (χ0v) is 12.1. The molecule has 2 aromatic carbocycles. The first kappa shape index (κ1) is 14.5. The first-order valence-electron chi connectivity index (χ1n) is 6.51. The lowest BCUT2D eigenvalue weighted by molar-refractivity contribution is -0.383. The molecule has 0 N–H and O–H groups in total. The van der Waals surface area contributed by atoms with Gasteiger partial charge in [0.1, 0.15) is 0 Å². The number of hydrogen-bond acceptors (Lipinski definition) is 4. The summed E-state index contributed by atoms with van der Waals surface area (Å²) in [5, 5.41) is 11.6. The van der Waals surface area contributed by atoms with Crippen LogP contribution < -0.4 is 0 Å². The molecule has 106 valence electrons. The van der Waals surface area contributed by atoms with Gasteiger partial charge in [0.25, 0.3) is 5.69 Å². The summed E-state index contributed by atoms with van der Waals surface area (Å²) in [4.78, 5) is 19.5. The predicted octanol–water partition coefficient (Wildman–Crippen LogP) is 3.53. The van der Waals surface area contributed by atoms with Gasteiger partial charge in [0.15, 0.2) is 5.52 Å². The first-order chi connectivity index (χ1) is 10.6. The van der Waals surface area contributed by atoms with Crippen molar-refractivity contribution in [1.29, 1.82) is 0 Å². The molecule has 0 aliphatic rings. The molecule has 0 bridgehead atoms. The van der Waals surface area contributed by atoms with E-state index in [2.05, 4.69) is 9.97 Å². The first-order valence-corrected chi connectivity index (χ1v) is 6.88. The van der Waals surface area contributed by atoms with Crippen molar-refractivity contribution in [1.82, 2.24) is 9.97 Å². The number of nitrogens with zero attached hydrogens (tertiary/aromatic N) is 3. The molecular weight excluding hydrogens is 300 g/mol. The maximum atomic E-state index is 11.1. The highest BCUT2D eigenvalue weighted by Gasteiger charge is 2.18. The molecule has 3 aromatic rings. The number of nitro benzene ring substituents is 1. The van der Waals surface area contributed by atoms with E-state index >= 15 is 0 Å². The van der Waals surface area contributed by atoms with Crippen molar-refractivity contribution in [3.8, 4) is 11.3 Å². The molecule has 0 atom stereocenters. The van der Waals surface area contributed by atoms with Crippen LogP contribution in [0.2, 0.25) is 5.02 Å². The molecule has 0 aliphatic heterocycles. The van der Waals surface area contributed by atoms with Gasteiger partial charge in [-0.25, -0.2) is 9.97 Å². The second-order valence-electron chi connectivity index (χ2n) is 4.60. The van der Waals surface area contributed by atoms with Crippen LogP contribution in [0, 0.1) is 10.1 Å². The maximum absolute atomic E-state index is 11.1. The highest BCUT2D eigenvalue weighted by Crippen LogP contribution is 2.31. The molecule has 0 amide bonds. The van der Waals surface area contributed by atoms with Crippen molar-refractivity contribution in [3.05, 3.63) is 63.3 Å². The van der Waals surface area contributed by atoms with Gasteiger partial charge in [-0.2, -0.15) is 0 Å². The third kappa shape index (κ3) is 2.42. The summed E-state index contributed by atoms with van der Waals surface area (Å²) < 4.78 is 0.